The summed E-state index contributed by atoms with van der Waals surface area (Å²) in [4.78, 5) is 16.5. The molecule has 0 saturated heterocycles. The van der Waals surface area contributed by atoms with Crippen LogP contribution < -0.4 is 4.80 Å². The average Bonchev–Trinajstić information content (AvgIpc) is 2.67. The number of aromatic nitrogens is 1. The Morgan fingerprint density at radius 2 is 2.17 bits per heavy atom. The summed E-state index contributed by atoms with van der Waals surface area (Å²) < 4.78 is 3.35. The van der Waals surface area contributed by atoms with Gasteiger partial charge in [0.25, 0.3) is 0 Å². The molecule has 18 heavy (non-hydrogen) atoms. The third kappa shape index (κ3) is 2.53. The Bertz CT molecular complexity index is 637. The Hall–Kier alpha value is -1.42. The Morgan fingerprint density at radius 1 is 1.39 bits per heavy atom. The molecule has 0 aliphatic rings. The standard InChI is InChI=1S/C14H18N2OS/c1-4-8-16-11-7-6-10(3)9-12(11)18-14(16)15-13(17)5-2/h6-7,9H,4-5,8H2,1-3H3. The Balaban J connectivity index is 2.68. The highest BCUT2D eigenvalue weighted by Crippen LogP contribution is 2.19. The van der Waals surface area contributed by atoms with E-state index >= 15 is 0 Å². The molecular weight excluding hydrogens is 244 g/mol. The quantitative estimate of drug-likeness (QED) is 0.836. The minimum atomic E-state index is -0.0527. The van der Waals surface area contributed by atoms with Crippen LogP contribution in [0.1, 0.15) is 32.3 Å². The summed E-state index contributed by atoms with van der Waals surface area (Å²) in [5.41, 5.74) is 2.41. The molecule has 0 saturated carbocycles. The first kappa shape index (κ1) is 13.0. The molecule has 0 N–H and O–H groups in total. The van der Waals surface area contributed by atoms with E-state index in [1.54, 1.807) is 11.3 Å². The highest BCUT2D eigenvalue weighted by Gasteiger charge is 2.06. The molecule has 2 aromatic rings. The van der Waals surface area contributed by atoms with Crippen molar-refractivity contribution >= 4 is 27.5 Å². The molecule has 0 spiro atoms. The van der Waals surface area contributed by atoms with Gasteiger partial charge in [0.05, 0.1) is 10.2 Å². The first-order valence-corrected chi connectivity index (χ1v) is 7.15. The molecule has 3 nitrogen and oxygen atoms in total. The van der Waals surface area contributed by atoms with Crippen LogP contribution in [-0.2, 0) is 11.3 Å². The summed E-state index contributed by atoms with van der Waals surface area (Å²) in [6, 6.07) is 6.38. The van der Waals surface area contributed by atoms with Gasteiger partial charge in [-0.3, -0.25) is 4.79 Å². The molecule has 4 heteroatoms. The molecule has 1 heterocycles. The number of hydrogen-bond donors (Lipinski definition) is 0. The van der Waals surface area contributed by atoms with Crippen molar-refractivity contribution in [3.05, 3.63) is 28.6 Å². The number of hydrogen-bond acceptors (Lipinski definition) is 2. The molecule has 0 fully saturated rings. The van der Waals surface area contributed by atoms with Gasteiger partial charge >= 0.3 is 0 Å². The summed E-state index contributed by atoms with van der Waals surface area (Å²) in [6.07, 6.45) is 1.49. The third-order valence-corrected chi connectivity index (χ3v) is 3.85. The van der Waals surface area contributed by atoms with E-state index in [1.165, 1.54) is 15.8 Å². The van der Waals surface area contributed by atoms with E-state index in [9.17, 15) is 4.79 Å². The second kappa shape index (κ2) is 5.48. The Labute approximate surface area is 111 Å². The number of aryl methyl sites for hydroxylation is 2. The fourth-order valence-corrected chi connectivity index (χ4v) is 3.06. The van der Waals surface area contributed by atoms with Gasteiger partial charge in [-0.1, -0.05) is 31.3 Å². The highest BCUT2D eigenvalue weighted by molar-refractivity contribution is 7.16. The molecule has 0 radical (unpaired) electrons. The second-order valence-electron chi connectivity index (χ2n) is 4.37. The molecule has 0 aliphatic carbocycles. The van der Waals surface area contributed by atoms with Gasteiger partial charge in [-0.15, -0.1) is 0 Å². The van der Waals surface area contributed by atoms with Crippen molar-refractivity contribution in [3.63, 3.8) is 0 Å². The first-order chi connectivity index (χ1) is 8.65. The van der Waals surface area contributed by atoms with Gasteiger partial charge in [0.15, 0.2) is 4.80 Å². The molecule has 1 aromatic heterocycles. The van der Waals surface area contributed by atoms with Crippen LogP contribution in [-0.4, -0.2) is 10.5 Å². The highest BCUT2D eigenvalue weighted by atomic mass is 32.1. The van der Waals surface area contributed by atoms with E-state index < -0.39 is 0 Å². The van der Waals surface area contributed by atoms with Crippen molar-refractivity contribution in [1.82, 2.24) is 4.57 Å². The molecular formula is C14H18N2OS. The van der Waals surface area contributed by atoms with Gasteiger partial charge in [-0.2, -0.15) is 4.99 Å². The fraction of sp³-hybridized carbons (Fsp3) is 0.429. The SMILES string of the molecule is CCCn1c(=NC(=O)CC)sc2cc(C)ccc21. The number of carbonyl (C=O) groups excluding carboxylic acids is 1. The normalized spacial score (nSPS) is 12.3. The summed E-state index contributed by atoms with van der Waals surface area (Å²) in [5, 5.41) is 0. The zero-order chi connectivity index (χ0) is 13.1. The van der Waals surface area contributed by atoms with Crippen LogP contribution in [0, 0.1) is 6.92 Å². The zero-order valence-corrected chi connectivity index (χ0v) is 11.9. The molecule has 0 unspecified atom stereocenters. The zero-order valence-electron chi connectivity index (χ0n) is 11.1. The number of rotatable bonds is 3. The molecule has 0 bridgehead atoms. The van der Waals surface area contributed by atoms with Gasteiger partial charge in [0, 0.05) is 13.0 Å². The number of benzene rings is 1. The predicted molar refractivity (Wildman–Crippen MR) is 75.7 cm³/mol. The average molecular weight is 262 g/mol. The van der Waals surface area contributed by atoms with Crippen LogP contribution >= 0.6 is 11.3 Å². The second-order valence-corrected chi connectivity index (χ2v) is 5.38. The summed E-state index contributed by atoms with van der Waals surface area (Å²) in [5.74, 6) is -0.0527. The Morgan fingerprint density at radius 3 is 2.83 bits per heavy atom. The van der Waals surface area contributed by atoms with E-state index in [2.05, 4.69) is 41.6 Å². The Kier molecular flexibility index (Phi) is 3.97. The number of thiazole rings is 1. The maximum absolute atomic E-state index is 11.5. The number of nitrogens with zero attached hydrogens (tertiary/aromatic N) is 2. The van der Waals surface area contributed by atoms with Crippen molar-refractivity contribution in [2.24, 2.45) is 4.99 Å². The molecule has 2 rings (SSSR count). The van der Waals surface area contributed by atoms with Gasteiger partial charge < -0.3 is 4.57 Å². The van der Waals surface area contributed by atoms with Crippen LogP contribution in [0.15, 0.2) is 23.2 Å². The van der Waals surface area contributed by atoms with E-state index in [0.29, 0.717) is 6.42 Å². The van der Waals surface area contributed by atoms with E-state index in [0.717, 1.165) is 17.8 Å². The molecule has 1 amide bonds. The monoisotopic (exact) mass is 262 g/mol. The lowest BCUT2D eigenvalue weighted by Crippen LogP contribution is -2.16. The minimum absolute atomic E-state index is 0.0527. The van der Waals surface area contributed by atoms with Crippen molar-refractivity contribution < 1.29 is 4.79 Å². The first-order valence-electron chi connectivity index (χ1n) is 6.33. The van der Waals surface area contributed by atoms with Gasteiger partial charge in [-0.25, -0.2) is 0 Å². The molecule has 0 atom stereocenters. The van der Waals surface area contributed by atoms with Crippen molar-refractivity contribution in [1.29, 1.82) is 0 Å². The number of amides is 1. The summed E-state index contributed by atoms with van der Waals surface area (Å²) >= 11 is 1.60. The third-order valence-electron chi connectivity index (χ3n) is 2.81. The van der Waals surface area contributed by atoms with E-state index in [1.807, 2.05) is 6.92 Å². The van der Waals surface area contributed by atoms with Gasteiger partial charge in [-0.05, 0) is 31.0 Å². The minimum Gasteiger partial charge on any atom is -0.316 e. The van der Waals surface area contributed by atoms with Gasteiger partial charge in [0.1, 0.15) is 0 Å². The molecule has 0 aliphatic heterocycles. The van der Waals surface area contributed by atoms with Crippen LogP contribution in [0.4, 0.5) is 0 Å². The molecule has 96 valence electrons. The van der Waals surface area contributed by atoms with Crippen LogP contribution in [0.2, 0.25) is 0 Å². The van der Waals surface area contributed by atoms with Crippen molar-refractivity contribution in [2.45, 2.75) is 40.2 Å². The number of fused-ring (bicyclic) bond motifs is 1. The lowest BCUT2D eigenvalue weighted by molar-refractivity contribution is -0.117. The topological polar surface area (TPSA) is 34.4 Å². The van der Waals surface area contributed by atoms with E-state index in [-0.39, 0.29) is 5.91 Å². The lowest BCUT2D eigenvalue weighted by atomic mass is 10.2. The number of carbonyl (C=O) groups is 1. The maximum atomic E-state index is 11.5. The summed E-state index contributed by atoms with van der Waals surface area (Å²) in [6.45, 7) is 6.96. The fourth-order valence-electron chi connectivity index (χ4n) is 1.89. The van der Waals surface area contributed by atoms with Crippen LogP contribution in [0.3, 0.4) is 0 Å². The predicted octanol–water partition coefficient (Wildman–Crippen LogP) is 3.26. The maximum Gasteiger partial charge on any atom is 0.248 e. The van der Waals surface area contributed by atoms with Crippen LogP contribution in [0.25, 0.3) is 10.2 Å². The smallest absolute Gasteiger partial charge is 0.248 e. The van der Waals surface area contributed by atoms with Crippen molar-refractivity contribution in [3.8, 4) is 0 Å². The molecule has 1 aromatic carbocycles. The van der Waals surface area contributed by atoms with Crippen LogP contribution in [0.5, 0.6) is 0 Å². The van der Waals surface area contributed by atoms with E-state index in [4.69, 9.17) is 0 Å². The largest absolute Gasteiger partial charge is 0.316 e. The van der Waals surface area contributed by atoms with Gasteiger partial charge in [0.2, 0.25) is 5.91 Å². The lowest BCUT2D eigenvalue weighted by Gasteiger charge is -2.02. The van der Waals surface area contributed by atoms with Crippen molar-refractivity contribution in [2.75, 3.05) is 0 Å². The summed E-state index contributed by atoms with van der Waals surface area (Å²) in [7, 11) is 0.